The van der Waals surface area contributed by atoms with E-state index in [2.05, 4.69) is 10.6 Å². The Morgan fingerprint density at radius 2 is 1.84 bits per heavy atom. The summed E-state index contributed by atoms with van der Waals surface area (Å²) in [5.41, 5.74) is 2.04. The normalized spacial score (nSPS) is 23.1. The molecule has 0 aliphatic carbocycles. The molecule has 5 unspecified atom stereocenters. The summed E-state index contributed by atoms with van der Waals surface area (Å²) in [6.45, 7) is 9.11. The van der Waals surface area contributed by atoms with Gasteiger partial charge in [-0.15, -0.1) is 0 Å². The predicted octanol–water partition coefficient (Wildman–Crippen LogP) is 5.15. The molecular weight excluding hydrogens is 548 g/mol. The van der Waals surface area contributed by atoms with Crippen LogP contribution in [0.4, 0.5) is 5.69 Å². The quantitative estimate of drug-likeness (QED) is 0.264. The number of aromatic hydroxyl groups is 1. The van der Waals surface area contributed by atoms with Crippen LogP contribution in [0.3, 0.4) is 0 Å². The number of carbonyl (C=O) groups excluding carboxylic acids is 3. The molecule has 9 heteroatoms. The number of aliphatic hydroxyl groups excluding tert-OH is 1. The van der Waals surface area contributed by atoms with Crippen molar-refractivity contribution in [3.8, 4) is 5.75 Å². The number of nitrogens with one attached hydrogen (secondary N) is 2. The maximum atomic E-state index is 12.9. The summed E-state index contributed by atoms with van der Waals surface area (Å²) in [5, 5.41) is 26.9. The zero-order valence-corrected chi connectivity index (χ0v) is 26.2. The van der Waals surface area contributed by atoms with E-state index in [1.165, 1.54) is 13.2 Å². The summed E-state index contributed by atoms with van der Waals surface area (Å²) in [7, 11) is 1.53. The Kier molecular flexibility index (Phi) is 14.9. The van der Waals surface area contributed by atoms with Crippen LogP contribution in [0.5, 0.6) is 5.75 Å². The van der Waals surface area contributed by atoms with Crippen LogP contribution >= 0.6 is 0 Å². The number of carbonyl (C=O) groups is 3. The van der Waals surface area contributed by atoms with Gasteiger partial charge in [-0.25, -0.2) is 4.79 Å². The molecule has 2 bridgehead atoms. The molecule has 0 saturated carbocycles. The standard InChI is InChI=1S/C34H48N2O7/c1-22(2)17-31(38)35-25(5)34(41)43-30-16-11-9-7-8-10-15-29(42-6)21-32(39)36-27-18-26(19-28(37)20-27)14-12-13-23(3)33(40)24(30)4/h7-11,13,15,18-20,22,24-25,29-30,33,37,40H,12,14,16-17,21H2,1-6H3,(H,35,38)(H,36,39). The van der Waals surface area contributed by atoms with E-state index >= 15 is 0 Å². The lowest BCUT2D eigenvalue weighted by Crippen LogP contribution is -2.43. The van der Waals surface area contributed by atoms with Crippen molar-refractivity contribution in [1.82, 2.24) is 5.32 Å². The summed E-state index contributed by atoms with van der Waals surface area (Å²) in [4.78, 5) is 37.7. The maximum Gasteiger partial charge on any atom is 0.328 e. The number of fused-ring (bicyclic) bond motifs is 2. The number of aryl methyl sites for hydroxylation is 1. The molecule has 0 fully saturated rings. The van der Waals surface area contributed by atoms with Crippen LogP contribution in [0, 0.1) is 11.8 Å². The number of phenols is 1. The van der Waals surface area contributed by atoms with Crippen LogP contribution in [-0.2, 0) is 30.3 Å². The molecule has 5 atom stereocenters. The minimum atomic E-state index is -0.880. The van der Waals surface area contributed by atoms with Crippen molar-refractivity contribution in [3.05, 3.63) is 71.9 Å². The topological polar surface area (TPSA) is 134 Å². The Bertz CT molecular complexity index is 1200. The van der Waals surface area contributed by atoms with Gasteiger partial charge in [-0.05, 0) is 55.9 Å². The largest absolute Gasteiger partial charge is 0.508 e. The minimum absolute atomic E-state index is 0.0423. The molecule has 1 heterocycles. The van der Waals surface area contributed by atoms with Crippen molar-refractivity contribution in [1.29, 1.82) is 0 Å². The molecule has 2 rings (SSSR count). The molecule has 0 radical (unpaired) electrons. The second-order valence-corrected chi connectivity index (χ2v) is 11.5. The monoisotopic (exact) mass is 596 g/mol. The van der Waals surface area contributed by atoms with E-state index in [0.717, 1.165) is 11.1 Å². The van der Waals surface area contributed by atoms with Gasteiger partial charge in [-0.2, -0.15) is 0 Å². The van der Waals surface area contributed by atoms with E-state index in [1.54, 1.807) is 37.3 Å². The maximum absolute atomic E-state index is 12.9. The average molecular weight is 597 g/mol. The van der Waals surface area contributed by atoms with Crippen molar-refractivity contribution < 1.29 is 34.1 Å². The molecule has 1 aliphatic rings. The van der Waals surface area contributed by atoms with Crippen LogP contribution in [-0.4, -0.2) is 59.5 Å². The SMILES string of the molecule is COC1C=CC=CC=CCC(OC(=O)C(C)NC(=O)CC(C)C)C(C)C(O)C(C)=CCCc2cc(O)cc(c2)NC(=O)C1. The van der Waals surface area contributed by atoms with Crippen molar-refractivity contribution in [2.75, 3.05) is 12.4 Å². The number of ether oxygens (including phenoxy) is 2. The lowest BCUT2D eigenvalue weighted by molar-refractivity contribution is -0.156. The van der Waals surface area contributed by atoms with E-state index in [0.29, 0.717) is 31.4 Å². The first-order chi connectivity index (χ1) is 20.4. The molecule has 1 aromatic carbocycles. The van der Waals surface area contributed by atoms with Crippen LogP contribution in [0.2, 0.25) is 0 Å². The molecule has 4 N–H and O–H groups in total. The number of phenolic OH excluding ortho intramolecular Hbond substituents is 1. The van der Waals surface area contributed by atoms with Crippen LogP contribution < -0.4 is 10.6 Å². The summed E-state index contributed by atoms with van der Waals surface area (Å²) in [5.74, 6) is -1.26. The number of esters is 1. The summed E-state index contributed by atoms with van der Waals surface area (Å²) >= 11 is 0. The fraction of sp³-hybridized carbons (Fsp3) is 0.500. The summed E-state index contributed by atoms with van der Waals surface area (Å²) < 4.78 is 11.3. The van der Waals surface area contributed by atoms with E-state index in [1.807, 2.05) is 52.0 Å². The van der Waals surface area contributed by atoms with Gasteiger partial charge < -0.3 is 30.3 Å². The van der Waals surface area contributed by atoms with E-state index < -0.39 is 36.2 Å². The highest BCUT2D eigenvalue weighted by atomic mass is 16.5. The second-order valence-electron chi connectivity index (χ2n) is 11.5. The first-order valence-electron chi connectivity index (χ1n) is 14.9. The van der Waals surface area contributed by atoms with Gasteiger partial charge in [0.1, 0.15) is 17.9 Å². The average Bonchev–Trinajstić information content (AvgIpc) is 2.92. The number of methoxy groups -OCH3 is 1. The molecule has 236 valence electrons. The first kappa shape index (κ1) is 35.5. The highest BCUT2D eigenvalue weighted by Crippen LogP contribution is 2.24. The Balaban J connectivity index is 2.30. The molecule has 1 aliphatic heterocycles. The number of benzene rings is 1. The second kappa shape index (κ2) is 18.1. The van der Waals surface area contributed by atoms with Crippen molar-refractivity contribution in [2.45, 2.75) is 91.1 Å². The summed E-state index contributed by atoms with van der Waals surface area (Å²) in [6, 6.07) is 4.12. The zero-order valence-electron chi connectivity index (χ0n) is 26.2. The number of hydrogen-bond acceptors (Lipinski definition) is 7. The van der Waals surface area contributed by atoms with Gasteiger partial charge in [0, 0.05) is 37.6 Å². The molecular formula is C34H48N2O7. The van der Waals surface area contributed by atoms with Gasteiger partial charge in [-0.3, -0.25) is 9.59 Å². The van der Waals surface area contributed by atoms with Gasteiger partial charge in [0.25, 0.3) is 0 Å². The van der Waals surface area contributed by atoms with Crippen molar-refractivity contribution in [2.24, 2.45) is 11.8 Å². The van der Waals surface area contributed by atoms with Gasteiger partial charge >= 0.3 is 5.97 Å². The van der Waals surface area contributed by atoms with Gasteiger partial charge in [-0.1, -0.05) is 63.3 Å². The smallest absolute Gasteiger partial charge is 0.328 e. The molecule has 0 aromatic heterocycles. The Morgan fingerprint density at radius 3 is 2.53 bits per heavy atom. The molecule has 0 saturated heterocycles. The Morgan fingerprint density at radius 1 is 1.12 bits per heavy atom. The number of anilines is 1. The molecule has 9 nitrogen and oxygen atoms in total. The number of amides is 2. The molecule has 43 heavy (non-hydrogen) atoms. The summed E-state index contributed by atoms with van der Waals surface area (Å²) in [6.07, 6.45) is 12.7. The first-order valence-corrected chi connectivity index (χ1v) is 14.9. The Hall–Kier alpha value is -3.69. The number of allylic oxidation sites excluding steroid dienone is 5. The zero-order chi connectivity index (χ0) is 31.9. The highest BCUT2D eigenvalue weighted by molar-refractivity contribution is 5.91. The lowest BCUT2D eigenvalue weighted by Gasteiger charge is -2.29. The van der Waals surface area contributed by atoms with Gasteiger partial charge in [0.2, 0.25) is 11.8 Å². The minimum Gasteiger partial charge on any atom is -0.508 e. The third-order valence-corrected chi connectivity index (χ3v) is 7.16. The third-order valence-electron chi connectivity index (χ3n) is 7.16. The van der Waals surface area contributed by atoms with Crippen molar-refractivity contribution in [3.63, 3.8) is 0 Å². The molecule has 0 spiro atoms. The number of hydrogen-bond donors (Lipinski definition) is 4. The highest BCUT2D eigenvalue weighted by Gasteiger charge is 2.29. The van der Waals surface area contributed by atoms with E-state index in [-0.39, 0.29) is 29.9 Å². The van der Waals surface area contributed by atoms with Crippen LogP contribution in [0.1, 0.15) is 65.9 Å². The van der Waals surface area contributed by atoms with Crippen LogP contribution in [0.25, 0.3) is 0 Å². The number of rotatable bonds is 6. The van der Waals surface area contributed by atoms with Crippen molar-refractivity contribution >= 4 is 23.5 Å². The van der Waals surface area contributed by atoms with E-state index in [4.69, 9.17) is 9.47 Å². The predicted molar refractivity (Wildman–Crippen MR) is 168 cm³/mol. The molecule has 1 aromatic rings. The van der Waals surface area contributed by atoms with Gasteiger partial charge in [0.15, 0.2) is 0 Å². The third kappa shape index (κ3) is 13.0. The van der Waals surface area contributed by atoms with E-state index in [9.17, 15) is 24.6 Å². The van der Waals surface area contributed by atoms with Crippen LogP contribution in [0.15, 0.2) is 66.3 Å². The molecule has 2 amide bonds. The van der Waals surface area contributed by atoms with Gasteiger partial charge in [0.05, 0.1) is 18.6 Å². The number of aliphatic hydroxyl groups is 1. The lowest BCUT2D eigenvalue weighted by atomic mass is 9.90. The fourth-order valence-electron chi connectivity index (χ4n) is 4.68. The fourth-order valence-corrected chi connectivity index (χ4v) is 4.68. The Labute approximate surface area is 255 Å².